The summed E-state index contributed by atoms with van der Waals surface area (Å²) in [6.07, 6.45) is 0. The molecule has 0 aliphatic heterocycles. The molecule has 0 saturated heterocycles. The van der Waals surface area contributed by atoms with Crippen LogP contribution >= 0.6 is 11.6 Å². The lowest BCUT2D eigenvalue weighted by atomic mass is 10.2. The lowest BCUT2D eigenvalue weighted by Gasteiger charge is -2.11. The van der Waals surface area contributed by atoms with Gasteiger partial charge in [0.2, 0.25) is 0 Å². The van der Waals surface area contributed by atoms with Crippen molar-refractivity contribution in [2.24, 2.45) is 0 Å². The number of carbonyl (C=O) groups excluding carboxylic acids is 1. The Hall–Kier alpha value is -2.40. The molecule has 0 amide bonds. The average molecular weight is 322 g/mol. The Labute approximate surface area is 133 Å². The second-order valence-corrected chi connectivity index (χ2v) is 4.91. The Morgan fingerprint density at radius 3 is 2.41 bits per heavy atom. The highest BCUT2D eigenvalue weighted by atomic mass is 35.5. The van der Waals surface area contributed by atoms with Gasteiger partial charge in [-0.15, -0.1) is 0 Å². The predicted molar refractivity (Wildman–Crippen MR) is 84.5 cm³/mol. The summed E-state index contributed by atoms with van der Waals surface area (Å²) in [5.41, 5.74) is 7.09. The summed E-state index contributed by atoms with van der Waals surface area (Å²) >= 11 is 5.94. The second-order valence-electron chi connectivity index (χ2n) is 4.50. The number of hydrogen-bond donors (Lipinski definition) is 1. The van der Waals surface area contributed by atoms with Crippen LogP contribution in [0.3, 0.4) is 0 Å². The van der Waals surface area contributed by atoms with Crippen LogP contribution in [0.5, 0.6) is 11.5 Å². The molecule has 0 atom stereocenters. The molecule has 0 aliphatic rings. The maximum Gasteiger partial charge on any atom is 0.342 e. The molecule has 0 fully saturated rings. The monoisotopic (exact) mass is 321 g/mol. The van der Waals surface area contributed by atoms with Crippen molar-refractivity contribution in [2.45, 2.75) is 6.61 Å². The highest BCUT2D eigenvalue weighted by Gasteiger charge is 2.16. The number of anilines is 1. The summed E-state index contributed by atoms with van der Waals surface area (Å²) in [6, 6.07) is 10.2. The summed E-state index contributed by atoms with van der Waals surface area (Å²) in [5.74, 6) is 0.526. The van der Waals surface area contributed by atoms with Crippen LogP contribution in [0.2, 0.25) is 5.02 Å². The molecule has 0 spiro atoms. The molecule has 5 nitrogen and oxygen atoms in total. The van der Waals surface area contributed by atoms with Crippen molar-refractivity contribution in [3.8, 4) is 11.5 Å². The van der Waals surface area contributed by atoms with E-state index < -0.39 is 5.97 Å². The fourth-order valence-electron chi connectivity index (χ4n) is 1.85. The summed E-state index contributed by atoms with van der Waals surface area (Å²) < 4.78 is 15.5. The standard InChI is InChI=1S/C16H16ClNO4/c1-20-11-5-3-10(4-6-11)9-22-16(19)12-7-13(17)14(18)8-15(12)21-2/h3-8H,9,18H2,1-2H3. The smallest absolute Gasteiger partial charge is 0.342 e. The quantitative estimate of drug-likeness (QED) is 0.676. The number of halogens is 1. The van der Waals surface area contributed by atoms with Gasteiger partial charge in [-0.1, -0.05) is 23.7 Å². The van der Waals surface area contributed by atoms with E-state index in [0.717, 1.165) is 11.3 Å². The molecule has 22 heavy (non-hydrogen) atoms. The van der Waals surface area contributed by atoms with Crippen molar-refractivity contribution in [1.29, 1.82) is 0 Å². The van der Waals surface area contributed by atoms with E-state index in [0.29, 0.717) is 11.4 Å². The van der Waals surface area contributed by atoms with Gasteiger partial charge in [0, 0.05) is 6.07 Å². The van der Waals surface area contributed by atoms with Crippen LogP contribution in [0.1, 0.15) is 15.9 Å². The van der Waals surface area contributed by atoms with Gasteiger partial charge in [-0.25, -0.2) is 4.79 Å². The van der Waals surface area contributed by atoms with E-state index in [9.17, 15) is 4.79 Å². The van der Waals surface area contributed by atoms with E-state index in [2.05, 4.69) is 0 Å². The largest absolute Gasteiger partial charge is 0.497 e. The molecule has 0 unspecified atom stereocenters. The molecule has 2 N–H and O–H groups in total. The van der Waals surface area contributed by atoms with Crippen LogP contribution in [0.4, 0.5) is 5.69 Å². The van der Waals surface area contributed by atoms with Gasteiger partial charge in [-0.3, -0.25) is 0 Å². The first-order valence-corrected chi connectivity index (χ1v) is 6.86. The number of nitrogen functional groups attached to an aromatic ring is 1. The molecule has 0 radical (unpaired) electrons. The number of ether oxygens (including phenoxy) is 3. The first-order valence-electron chi connectivity index (χ1n) is 6.48. The van der Waals surface area contributed by atoms with Gasteiger partial charge >= 0.3 is 5.97 Å². The zero-order chi connectivity index (χ0) is 16.1. The summed E-state index contributed by atoms with van der Waals surface area (Å²) in [4.78, 5) is 12.2. The Kier molecular flexibility index (Phi) is 5.12. The van der Waals surface area contributed by atoms with Crippen molar-refractivity contribution in [2.75, 3.05) is 20.0 Å². The molecule has 6 heteroatoms. The molecule has 0 bridgehead atoms. The van der Waals surface area contributed by atoms with Crippen molar-refractivity contribution < 1.29 is 19.0 Å². The van der Waals surface area contributed by atoms with Crippen LogP contribution in [-0.4, -0.2) is 20.2 Å². The second kappa shape index (κ2) is 7.04. The van der Waals surface area contributed by atoms with E-state index in [-0.39, 0.29) is 17.2 Å². The predicted octanol–water partition coefficient (Wildman–Crippen LogP) is 3.30. The first-order chi connectivity index (χ1) is 10.5. The molecule has 0 saturated carbocycles. The first kappa shape index (κ1) is 16.0. The van der Waals surface area contributed by atoms with Crippen LogP contribution < -0.4 is 15.2 Å². The minimum atomic E-state index is -0.533. The lowest BCUT2D eigenvalue weighted by molar-refractivity contribution is 0.0469. The highest BCUT2D eigenvalue weighted by Crippen LogP contribution is 2.29. The number of methoxy groups -OCH3 is 2. The molecule has 2 aromatic carbocycles. The van der Waals surface area contributed by atoms with Gasteiger partial charge in [0.05, 0.1) is 24.9 Å². The van der Waals surface area contributed by atoms with Crippen LogP contribution in [0.25, 0.3) is 0 Å². The maximum absolute atomic E-state index is 12.2. The average Bonchev–Trinajstić information content (AvgIpc) is 2.55. The van der Waals surface area contributed by atoms with E-state index in [4.69, 9.17) is 31.5 Å². The minimum absolute atomic E-state index is 0.133. The third kappa shape index (κ3) is 3.62. The Morgan fingerprint density at radius 1 is 1.14 bits per heavy atom. The number of hydrogen-bond acceptors (Lipinski definition) is 5. The van der Waals surface area contributed by atoms with Crippen LogP contribution in [0, 0.1) is 0 Å². The van der Waals surface area contributed by atoms with Gasteiger partial charge in [0.15, 0.2) is 0 Å². The maximum atomic E-state index is 12.2. The van der Waals surface area contributed by atoms with E-state index in [1.165, 1.54) is 19.2 Å². The Bertz CT molecular complexity index is 671. The molecular formula is C16H16ClNO4. The van der Waals surface area contributed by atoms with Gasteiger partial charge in [0.1, 0.15) is 23.7 Å². The molecule has 2 rings (SSSR count). The van der Waals surface area contributed by atoms with E-state index >= 15 is 0 Å². The number of carbonyl (C=O) groups is 1. The zero-order valence-electron chi connectivity index (χ0n) is 12.3. The van der Waals surface area contributed by atoms with E-state index in [1.807, 2.05) is 12.1 Å². The zero-order valence-corrected chi connectivity index (χ0v) is 13.0. The van der Waals surface area contributed by atoms with Gasteiger partial charge in [0.25, 0.3) is 0 Å². The molecule has 0 aliphatic carbocycles. The topological polar surface area (TPSA) is 70.8 Å². The van der Waals surface area contributed by atoms with E-state index in [1.54, 1.807) is 19.2 Å². The van der Waals surface area contributed by atoms with Crippen molar-refractivity contribution in [1.82, 2.24) is 0 Å². The fourth-order valence-corrected chi connectivity index (χ4v) is 2.01. The van der Waals surface area contributed by atoms with Gasteiger partial charge < -0.3 is 19.9 Å². The molecule has 0 aromatic heterocycles. The Balaban J connectivity index is 2.10. The minimum Gasteiger partial charge on any atom is -0.497 e. The highest BCUT2D eigenvalue weighted by molar-refractivity contribution is 6.33. The SMILES string of the molecule is COc1ccc(COC(=O)c2cc(Cl)c(N)cc2OC)cc1. The summed E-state index contributed by atoms with van der Waals surface area (Å²) in [7, 11) is 3.04. The lowest BCUT2D eigenvalue weighted by Crippen LogP contribution is -2.08. The van der Waals surface area contributed by atoms with Crippen molar-refractivity contribution >= 4 is 23.3 Å². The normalized spacial score (nSPS) is 10.1. The van der Waals surface area contributed by atoms with Crippen LogP contribution in [-0.2, 0) is 11.3 Å². The van der Waals surface area contributed by atoms with Crippen molar-refractivity contribution in [3.63, 3.8) is 0 Å². The number of rotatable bonds is 5. The summed E-state index contributed by atoms with van der Waals surface area (Å²) in [6.45, 7) is 0.133. The molecular weight excluding hydrogens is 306 g/mol. The number of benzene rings is 2. The fraction of sp³-hybridized carbons (Fsp3) is 0.188. The number of nitrogens with two attached hydrogens (primary N) is 1. The molecule has 0 heterocycles. The number of esters is 1. The summed E-state index contributed by atoms with van der Waals surface area (Å²) in [5, 5.41) is 0.275. The molecule has 116 valence electrons. The van der Waals surface area contributed by atoms with Gasteiger partial charge in [-0.2, -0.15) is 0 Å². The van der Waals surface area contributed by atoms with Gasteiger partial charge in [-0.05, 0) is 23.8 Å². The van der Waals surface area contributed by atoms with Crippen molar-refractivity contribution in [3.05, 3.63) is 52.5 Å². The molecule has 2 aromatic rings. The third-order valence-corrected chi connectivity index (χ3v) is 3.40. The third-order valence-electron chi connectivity index (χ3n) is 3.07. The van der Waals surface area contributed by atoms with Crippen LogP contribution in [0.15, 0.2) is 36.4 Å². The Morgan fingerprint density at radius 2 is 1.82 bits per heavy atom.